The summed E-state index contributed by atoms with van der Waals surface area (Å²) >= 11 is 5.92. The minimum Gasteiger partial charge on any atom is -0.380 e. The number of aromatic nitrogens is 2. The van der Waals surface area contributed by atoms with E-state index in [0.29, 0.717) is 11.4 Å². The zero-order valence-corrected chi connectivity index (χ0v) is 15.0. The molecule has 1 aromatic carbocycles. The number of nitrogens with one attached hydrogen (secondary N) is 1. The number of carbonyl (C=O) groups is 1. The van der Waals surface area contributed by atoms with E-state index in [1.165, 1.54) is 0 Å². The number of methoxy groups -OCH3 is 1. The Morgan fingerprint density at radius 1 is 1.38 bits per heavy atom. The lowest BCUT2D eigenvalue weighted by molar-refractivity contribution is -0.132. The van der Waals surface area contributed by atoms with Gasteiger partial charge in [-0.15, -0.1) is 12.4 Å². The minimum absolute atomic E-state index is 0. The van der Waals surface area contributed by atoms with E-state index in [4.69, 9.17) is 21.5 Å². The molecule has 1 amide bonds. The largest absolute Gasteiger partial charge is 0.380 e. The molecule has 6 nitrogen and oxygen atoms in total. The summed E-state index contributed by atoms with van der Waals surface area (Å²) in [7, 11) is 3.39. The van der Waals surface area contributed by atoms with Gasteiger partial charge in [0.15, 0.2) is 0 Å². The molecular weight excluding hydrogens is 353 g/mol. The first kappa shape index (κ1) is 20.4. The molecule has 2 rings (SSSR count). The third-order valence-corrected chi connectivity index (χ3v) is 4.00. The van der Waals surface area contributed by atoms with E-state index in [-0.39, 0.29) is 24.7 Å². The SMILES string of the molecule is CO[C@H](CC(=O)NO)[C@H](Cc1ccc(Cl)cc1)c1ccn(C)n1.Cl. The first-order chi connectivity index (χ1) is 11.0. The van der Waals surface area contributed by atoms with Gasteiger partial charge in [-0.25, -0.2) is 5.48 Å². The van der Waals surface area contributed by atoms with Gasteiger partial charge in [-0.3, -0.25) is 14.7 Å². The van der Waals surface area contributed by atoms with E-state index in [1.54, 1.807) is 17.3 Å². The molecule has 0 saturated carbocycles. The molecule has 1 aromatic heterocycles. The molecule has 0 aliphatic rings. The summed E-state index contributed by atoms with van der Waals surface area (Å²) in [6.07, 6.45) is 2.13. The maximum absolute atomic E-state index is 11.5. The molecular formula is C16H21Cl2N3O3. The van der Waals surface area contributed by atoms with Gasteiger partial charge >= 0.3 is 0 Å². The van der Waals surface area contributed by atoms with Crippen LogP contribution in [0.5, 0.6) is 0 Å². The van der Waals surface area contributed by atoms with Gasteiger partial charge < -0.3 is 4.74 Å². The Bertz CT molecular complexity index is 646. The van der Waals surface area contributed by atoms with Crippen molar-refractivity contribution in [1.82, 2.24) is 15.3 Å². The van der Waals surface area contributed by atoms with Crippen LogP contribution in [0.4, 0.5) is 0 Å². The second-order valence-electron chi connectivity index (χ2n) is 5.36. The molecule has 0 aliphatic carbocycles. The van der Waals surface area contributed by atoms with E-state index in [2.05, 4.69) is 5.10 Å². The number of hydrogen-bond donors (Lipinski definition) is 2. The smallest absolute Gasteiger partial charge is 0.245 e. The average Bonchev–Trinajstić information content (AvgIpc) is 2.98. The summed E-state index contributed by atoms with van der Waals surface area (Å²) in [4.78, 5) is 11.5. The number of nitrogens with zero attached hydrogens (tertiary/aromatic N) is 2. The molecule has 0 saturated heterocycles. The zero-order valence-electron chi connectivity index (χ0n) is 13.5. The van der Waals surface area contributed by atoms with Crippen LogP contribution in [0.1, 0.15) is 23.6 Å². The number of ether oxygens (including phenoxy) is 1. The molecule has 1 heterocycles. The van der Waals surface area contributed by atoms with Gasteiger partial charge in [0.05, 0.1) is 18.2 Å². The monoisotopic (exact) mass is 373 g/mol. The van der Waals surface area contributed by atoms with Gasteiger partial charge in [-0.2, -0.15) is 5.10 Å². The summed E-state index contributed by atoms with van der Waals surface area (Å²) in [6, 6.07) is 9.45. The van der Waals surface area contributed by atoms with Crippen LogP contribution in [0.2, 0.25) is 5.02 Å². The van der Waals surface area contributed by atoms with Crippen molar-refractivity contribution in [2.24, 2.45) is 7.05 Å². The molecule has 0 unspecified atom stereocenters. The number of benzene rings is 1. The predicted octanol–water partition coefficient (Wildman–Crippen LogP) is 2.73. The maximum Gasteiger partial charge on any atom is 0.245 e. The lowest BCUT2D eigenvalue weighted by Gasteiger charge is -2.24. The molecule has 2 atom stereocenters. The first-order valence-corrected chi connectivity index (χ1v) is 7.61. The van der Waals surface area contributed by atoms with E-state index in [1.807, 2.05) is 43.6 Å². The fraction of sp³-hybridized carbons (Fsp3) is 0.375. The Balaban J connectivity index is 0.00000288. The van der Waals surface area contributed by atoms with Crippen LogP contribution in [-0.2, 0) is 23.0 Å². The zero-order chi connectivity index (χ0) is 16.8. The van der Waals surface area contributed by atoms with Crippen LogP contribution >= 0.6 is 24.0 Å². The number of hydrogen-bond acceptors (Lipinski definition) is 4. The second-order valence-corrected chi connectivity index (χ2v) is 5.80. The van der Waals surface area contributed by atoms with E-state index in [9.17, 15) is 4.79 Å². The maximum atomic E-state index is 11.5. The van der Waals surface area contributed by atoms with Crippen LogP contribution in [0, 0.1) is 0 Å². The number of aryl methyl sites for hydroxylation is 1. The summed E-state index contributed by atoms with van der Waals surface area (Å²) in [5.74, 6) is -0.617. The molecule has 24 heavy (non-hydrogen) atoms. The van der Waals surface area contributed by atoms with Crippen LogP contribution in [0.3, 0.4) is 0 Å². The van der Waals surface area contributed by atoms with Crippen LogP contribution in [0.15, 0.2) is 36.5 Å². The van der Waals surface area contributed by atoms with Crippen molar-refractivity contribution < 1.29 is 14.7 Å². The molecule has 8 heteroatoms. The van der Waals surface area contributed by atoms with Crippen LogP contribution in [-0.4, -0.2) is 34.1 Å². The van der Waals surface area contributed by atoms with Gasteiger partial charge in [0, 0.05) is 31.3 Å². The number of halogens is 2. The Morgan fingerprint density at radius 3 is 2.54 bits per heavy atom. The number of hydroxylamine groups is 1. The Labute approximate surface area is 152 Å². The van der Waals surface area contributed by atoms with Gasteiger partial charge in [-0.05, 0) is 30.2 Å². The van der Waals surface area contributed by atoms with Crippen molar-refractivity contribution in [3.63, 3.8) is 0 Å². The normalized spacial score (nSPS) is 13.0. The Hall–Kier alpha value is -1.60. The summed E-state index contributed by atoms with van der Waals surface area (Å²) < 4.78 is 7.21. The topological polar surface area (TPSA) is 76.4 Å². The lowest BCUT2D eigenvalue weighted by atomic mass is 9.89. The standard InChI is InChI=1S/C16H20ClN3O3.ClH/c1-20-8-7-14(18-20)13(15(23-2)10-16(21)19-22)9-11-3-5-12(17)6-4-11;/h3-8,13,15,22H,9-10H2,1-2H3,(H,19,21);1H/t13-,15-;/m1./s1. The van der Waals surface area contributed by atoms with Crippen LogP contribution < -0.4 is 5.48 Å². The fourth-order valence-electron chi connectivity index (χ4n) is 2.55. The second kappa shape index (κ2) is 9.64. The quantitative estimate of drug-likeness (QED) is 0.577. The molecule has 0 radical (unpaired) electrons. The van der Waals surface area contributed by atoms with E-state index in [0.717, 1.165) is 11.3 Å². The number of rotatable bonds is 7. The summed E-state index contributed by atoms with van der Waals surface area (Å²) in [5, 5.41) is 13.9. The van der Waals surface area contributed by atoms with Crippen molar-refractivity contribution in [3.05, 3.63) is 52.8 Å². The Kier molecular flexibility index (Phi) is 8.21. The van der Waals surface area contributed by atoms with Gasteiger partial charge in [-0.1, -0.05) is 23.7 Å². The highest BCUT2D eigenvalue weighted by molar-refractivity contribution is 6.30. The van der Waals surface area contributed by atoms with Crippen molar-refractivity contribution in [2.75, 3.05) is 7.11 Å². The van der Waals surface area contributed by atoms with E-state index >= 15 is 0 Å². The fourth-order valence-corrected chi connectivity index (χ4v) is 2.68. The predicted molar refractivity (Wildman–Crippen MR) is 93.7 cm³/mol. The van der Waals surface area contributed by atoms with Crippen molar-refractivity contribution >= 4 is 29.9 Å². The first-order valence-electron chi connectivity index (χ1n) is 7.23. The number of carbonyl (C=O) groups excluding carboxylic acids is 1. The average molecular weight is 374 g/mol. The van der Waals surface area contributed by atoms with Gasteiger partial charge in [0.1, 0.15) is 0 Å². The molecule has 0 spiro atoms. The van der Waals surface area contributed by atoms with Crippen molar-refractivity contribution in [2.45, 2.75) is 24.9 Å². The minimum atomic E-state index is -0.492. The third-order valence-electron chi connectivity index (χ3n) is 3.75. The van der Waals surface area contributed by atoms with Gasteiger partial charge in [0.25, 0.3) is 0 Å². The highest BCUT2D eigenvalue weighted by atomic mass is 35.5. The number of amides is 1. The molecule has 0 bridgehead atoms. The molecule has 0 fully saturated rings. The summed E-state index contributed by atoms with van der Waals surface area (Å²) in [6.45, 7) is 0. The molecule has 132 valence electrons. The van der Waals surface area contributed by atoms with Crippen LogP contribution in [0.25, 0.3) is 0 Å². The lowest BCUT2D eigenvalue weighted by Crippen LogP contribution is -2.31. The van der Waals surface area contributed by atoms with Crippen molar-refractivity contribution in [3.8, 4) is 0 Å². The molecule has 2 N–H and O–H groups in total. The van der Waals surface area contributed by atoms with Crippen molar-refractivity contribution in [1.29, 1.82) is 0 Å². The summed E-state index contributed by atoms with van der Waals surface area (Å²) in [5.41, 5.74) is 3.55. The Morgan fingerprint density at radius 2 is 2.04 bits per heavy atom. The third kappa shape index (κ3) is 5.49. The van der Waals surface area contributed by atoms with E-state index < -0.39 is 12.0 Å². The van der Waals surface area contributed by atoms with Gasteiger partial charge in [0.2, 0.25) is 5.91 Å². The molecule has 0 aliphatic heterocycles. The molecule has 2 aromatic rings. The highest BCUT2D eigenvalue weighted by Gasteiger charge is 2.27. The highest BCUT2D eigenvalue weighted by Crippen LogP contribution is 2.27.